The van der Waals surface area contributed by atoms with Crippen LogP contribution in [0.4, 0.5) is 24.8 Å². The van der Waals surface area contributed by atoms with Gasteiger partial charge in [-0.1, -0.05) is 21.7 Å². The number of aromatic nitrogens is 3. The Kier molecular flexibility index (Phi) is 4.36. The van der Waals surface area contributed by atoms with E-state index in [0.29, 0.717) is 23.6 Å². The lowest BCUT2D eigenvalue weighted by atomic mass is 10.2. The molecule has 0 bridgehead atoms. The minimum Gasteiger partial charge on any atom is -0.406 e. The largest absolute Gasteiger partial charge is 0.573 e. The summed E-state index contributed by atoms with van der Waals surface area (Å²) in [5.41, 5.74) is 1.05. The SMILES string of the molecule is CN(Cc1ccc(OC(F)(F)F)cc1)c1ccc2ncc([N+](=O)[O-])n2n1. The van der Waals surface area contributed by atoms with Crippen molar-refractivity contribution in [2.75, 3.05) is 11.9 Å². The fourth-order valence-electron chi connectivity index (χ4n) is 2.33. The van der Waals surface area contributed by atoms with Gasteiger partial charge in [-0.25, -0.2) is 4.98 Å². The van der Waals surface area contributed by atoms with E-state index in [1.54, 1.807) is 24.1 Å². The zero-order chi connectivity index (χ0) is 18.9. The predicted octanol–water partition coefficient (Wildman–Crippen LogP) is 3.17. The Morgan fingerprint density at radius 3 is 2.54 bits per heavy atom. The number of benzene rings is 1. The topological polar surface area (TPSA) is 85.8 Å². The average molecular weight is 367 g/mol. The molecule has 2 heterocycles. The number of ether oxygens (including phenoxy) is 1. The fraction of sp³-hybridized carbons (Fsp3) is 0.200. The number of rotatable bonds is 5. The highest BCUT2D eigenvalue weighted by Gasteiger charge is 2.31. The number of hydrogen-bond donors (Lipinski definition) is 0. The van der Waals surface area contributed by atoms with Gasteiger partial charge in [0, 0.05) is 19.7 Å². The molecule has 0 unspecified atom stereocenters. The minimum absolute atomic E-state index is 0.260. The highest BCUT2D eigenvalue weighted by atomic mass is 19.4. The second-order valence-electron chi connectivity index (χ2n) is 5.38. The molecule has 11 heteroatoms. The van der Waals surface area contributed by atoms with Gasteiger partial charge in [-0.05, 0) is 28.7 Å². The van der Waals surface area contributed by atoms with Crippen molar-refractivity contribution < 1.29 is 22.8 Å². The number of nitro groups is 1. The zero-order valence-corrected chi connectivity index (χ0v) is 13.3. The quantitative estimate of drug-likeness (QED) is 0.509. The van der Waals surface area contributed by atoms with Crippen molar-refractivity contribution in [3.05, 3.63) is 58.3 Å². The maximum Gasteiger partial charge on any atom is 0.573 e. The van der Waals surface area contributed by atoms with Crippen LogP contribution >= 0.6 is 0 Å². The van der Waals surface area contributed by atoms with Crippen molar-refractivity contribution in [1.29, 1.82) is 0 Å². The molecule has 3 aromatic rings. The van der Waals surface area contributed by atoms with Crippen LogP contribution in [0, 0.1) is 10.1 Å². The second-order valence-corrected chi connectivity index (χ2v) is 5.38. The number of nitrogens with zero attached hydrogens (tertiary/aromatic N) is 5. The van der Waals surface area contributed by atoms with Crippen LogP contribution in [0.3, 0.4) is 0 Å². The third-order valence-electron chi connectivity index (χ3n) is 3.49. The first-order valence-electron chi connectivity index (χ1n) is 7.28. The third-order valence-corrected chi connectivity index (χ3v) is 3.49. The molecule has 0 atom stereocenters. The zero-order valence-electron chi connectivity index (χ0n) is 13.3. The Bertz CT molecular complexity index is 940. The lowest BCUT2D eigenvalue weighted by Crippen LogP contribution is -2.19. The van der Waals surface area contributed by atoms with Gasteiger partial charge in [0.05, 0.1) is 0 Å². The minimum atomic E-state index is -4.74. The van der Waals surface area contributed by atoms with E-state index in [-0.39, 0.29) is 11.6 Å². The molecular formula is C15H12F3N5O3. The summed E-state index contributed by atoms with van der Waals surface area (Å²) < 4.78 is 41.4. The van der Waals surface area contributed by atoms with E-state index in [2.05, 4.69) is 14.8 Å². The molecule has 1 aromatic carbocycles. The summed E-state index contributed by atoms with van der Waals surface area (Å²) in [6.45, 7) is 0.327. The highest BCUT2D eigenvalue weighted by molar-refractivity contribution is 5.49. The maximum atomic E-state index is 12.2. The van der Waals surface area contributed by atoms with Gasteiger partial charge < -0.3 is 19.8 Å². The van der Waals surface area contributed by atoms with Gasteiger partial charge in [-0.2, -0.15) is 0 Å². The molecule has 0 N–H and O–H groups in total. The first-order valence-corrected chi connectivity index (χ1v) is 7.28. The van der Waals surface area contributed by atoms with Crippen molar-refractivity contribution in [2.24, 2.45) is 0 Å². The van der Waals surface area contributed by atoms with E-state index < -0.39 is 11.3 Å². The van der Waals surface area contributed by atoms with E-state index in [1.807, 2.05) is 0 Å². The number of anilines is 1. The van der Waals surface area contributed by atoms with Crippen molar-refractivity contribution in [2.45, 2.75) is 12.9 Å². The standard InChI is InChI=1S/C15H12F3N5O3/c1-21(9-10-2-4-11(5-3-10)26-15(16,17)18)13-7-6-12-19-8-14(23(24)25)22(12)20-13/h2-8H,9H2,1H3. The van der Waals surface area contributed by atoms with Gasteiger partial charge >= 0.3 is 12.2 Å². The van der Waals surface area contributed by atoms with Gasteiger partial charge in [0.1, 0.15) is 11.9 Å². The van der Waals surface area contributed by atoms with Crippen LogP contribution in [-0.4, -0.2) is 32.9 Å². The second kappa shape index (κ2) is 6.50. The van der Waals surface area contributed by atoms with Crippen LogP contribution < -0.4 is 9.64 Å². The molecule has 2 aromatic heterocycles. The molecule has 0 aliphatic heterocycles. The summed E-state index contributed by atoms with van der Waals surface area (Å²) in [4.78, 5) is 16.0. The van der Waals surface area contributed by atoms with Crippen LogP contribution in [-0.2, 0) is 6.54 Å². The summed E-state index contributed by atoms with van der Waals surface area (Å²) >= 11 is 0. The number of halogens is 3. The third kappa shape index (κ3) is 3.82. The van der Waals surface area contributed by atoms with Gasteiger partial charge in [0.2, 0.25) is 5.65 Å². The number of imidazole rings is 1. The summed E-state index contributed by atoms with van der Waals surface area (Å²) in [5.74, 6) is -0.129. The normalized spacial score (nSPS) is 11.5. The molecule has 26 heavy (non-hydrogen) atoms. The summed E-state index contributed by atoms with van der Waals surface area (Å²) in [6.07, 6.45) is -3.62. The van der Waals surface area contributed by atoms with Crippen LogP contribution in [0.15, 0.2) is 42.6 Å². The molecule has 8 nitrogen and oxygen atoms in total. The van der Waals surface area contributed by atoms with E-state index in [9.17, 15) is 23.3 Å². The molecular weight excluding hydrogens is 355 g/mol. The van der Waals surface area contributed by atoms with E-state index in [0.717, 1.165) is 10.7 Å². The molecule has 136 valence electrons. The Balaban J connectivity index is 1.77. The molecule has 0 saturated heterocycles. The van der Waals surface area contributed by atoms with Crippen molar-refractivity contribution >= 4 is 17.3 Å². The number of fused-ring (bicyclic) bond motifs is 1. The van der Waals surface area contributed by atoms with Gasteiger partial charge in [-0.3, -0.25) is 0 Å². The Hall–Kier alpha value is -3.37. The summed E-state index contributed by atoms with van der Waals surface area (Å²) in [7, 11) is 1.71. The molecule has 0 fully saturated rings. The van der Waals surface area contributed by atoms with Crippen molar-refractivity contribution in [3.8, 4) is 5.75 Å². The van der Waals surface area contributed by atoms with E-state index in [4.69, 9.17) is 0 Å². The highest BCUT2D eigenvalue weighted by Crippen LogP contribution is 2.23. The molecule has 0 radical (unpaired) electrons. The summed E-state index contributed by atoms with van der Waals surface area (Å²) in [5, 5.41) is 15.2. The lowest BCUT2D eigenvalue weighted by molar-refractivity contribution is -0.391. The lowest BCUT2D eigenvalue weighted by Gasteiger charge is -2.17. The van der Waals surface area contributed by atoms with E-state index >= 15 is 0 Å². The molecule has 0 aliphatic rings. The Labute approximate surface area is 144 Å². The monoisotopic (exact) mass is 367 g/mol. The average Bonchev–Trinajstić information content (AvgIpc) is 2.98. The van der Waals surface area contributed by atoms with Gasteiger partial charge in [0.15, 0.2) is 5.82 Å². The van der Waals surface area contributed by atoms with Crippen LogP contribution in [0.1, 0.15) is 5.56 Å². The Morgan fingerprint density at radius 1 is 1.23 bits per heavy atom. The molecule has 0 aliphatic carbocycles. The van der Waals surface area contributed by atoms with Crippen LogP contribution in [0.5, 0.6) is 5.75 Å². The van der Waals surface area contributed by atoms with Gasteiger partial charge in [0.25, 0.3) is 0 Å². The summed E-state index contributed by atoms with van der Waals surface area (Å²) in [6, 6.07) is 8.66. The first kappa shape index (κ1) is 17.5. The molecule has 0 amide bonds. The van der Waals surface area contributed by atoms with Crippen LogP contribution in [0.2, 0.25) is 0 Å². The van der Waals surface area contributed by atoms with Crippen molar-refractivity contribution in [3.63, 3.8) is 0 Å². The molecule has 0 saturated carbocycles. The first-order chi connectivity index (χ1) is 12.2. The van der Waals surface area contributed by atoms with E-state index in [1.165, 1.54) is 24.3 Å². The maximum absolute atomic E-state index is 12.2. The van der Waals surface area contributed by atoms with Crippen LogP contribution in [0.25, 0.3) is 5.65 Å². The van der Waals surface area contributed by atoms with Crippen molar-refractivity contribution in [1.82, 2.24) is 14.6 Å². The number of alkyl halides is 3. The number of hydrogen-bond acceptors (Lipinski definition) is 6. The predicted molar refractivity (Wildman–Crippen MR) is 84.9 cm³/mol. The molecule has 3 rings (SSSR count). The smallest absolute Gasteiger partial charge is 0.406 e. The molecule has 0 spiro atoms. The fourth-order valence-corrected chi connectivity index (χ4v) is 2.33. The van der Waals surface area contributed by atoms with Gasteiger partial charge in [-0.15, -0.1) is 13.2 Å². The Morgan fingerprint density at radius 2 is 1.92 bits per heavy atom.